The van der Waals surface area contributed by atoms with Gasteiger partial charge in [0, 0.05) is 7.05 Å². The summed E-state index contributed by atoms with van der Waals surface area (Å²) in [5.74, 6) is 2.38. The lowest BCUT2D eigenvalue weighted by Crippen LogP contribution is -2.27. The highest BCUT2D eigenvalue weighted by Gasteiger charge is 2.22. The maximum Gasteiger partial charge on any atom is 0.413 e. The molecule has 1 aliphatic heterocycles. The Morgan fingerprint density at radius 1 is 1.33 bits per heavy atom. The standard InChI is InChI=1S/C13H17NO2S2/c1-14(13(15)16-2)11-7-4-3-6-10(11)12-17-8-5-9-18-12/h3-4,6-7,12H,5,8-9H2,1-2H3. The van der Waals surface area contributed by atoms with Crippen molar-refractivity contribution in [1.82, 2.24) is 0 Å². The smallest absolute Gasteiger partial charge is 0.413 e. The van der Waals surface area contributed by atoms with E-state index in [1.807, 2.05) is 41.7 Å². The molecule has 0 aromatic heterocycles. The Morgan fingerprint density at radius 3 is 2.67 bits per heavy atom. The van der Waals surface area contributed by atoms with Gasteiger partial charge in [-0.25, -0.2) is 4.79 Å². The van der Waals surface area contributed by atoms with Crippen LogP contribution in [0.1, 0.15) is 16.6 Å². The summed E-state index contributed by atoms with van der Waals surface area (Å²) in [5.41, 5.74) is 2.15. The normalized spacial score (nSPS) is 16.3. The zero-order valence-corrected chi connectivity index (χ0v) is 12.2. The minimum Gasteiger partial charge on any atom is -0.452 e. The number of anilines is 1. The van der Waals surface area contributed by atoms with Gasteiger partial charge in [-0.3, -0.25) is 4.90 Å². The third-order valence-electron chi connectivity index (χ3n) is 2.83. The first-order valence-electron chi connectivity index (χ1n) is 5.88. The van der Waals surface area contributed by atoms with E-state index in [1.54, 1.807) is 11.9 Å². The maximum absolute atomic E-state index is 11.6. The molecule has 98 valence electrons. The van der Waals surface area contributed by atoms with E-state index in [4.69, 9.17) is 4.74 Å². The molecule has 0 unspecified atom stereocenters. The quantitative estimate of drug-likeness (QED) is 0.826. The van der Waals surface area contributed by atoms with Crippen LogP contribution in [0.4, 0.5) is 10.5 Å². The van der Waals surface area contributed by atoms with Crippen molar-refractivity contribution in [2.75, 3.05) is 30.6 Å². The first-order valence-corrected chi connectivity index (χ1v) is 7.97. The van der Waals surface area contributed by atoms with Gasteiger partial charge < -0.3 is 4.74 Å². The molecule has 0 radical (unpaired) electrons. The number of hydrogen-bond acceptors (Lipinski definition) is 4. The Morgan fingerprint density at radius 2 is 2.00 bits per heavy atom. The van der Waals surface area contributed by atoms with Crippen LogP contribution >= 0.6 is 23.5 Å². The molecule has 1 heterocycles. The van der Waals surface area contributed by atoms with E-state index < -0.39 is 0 Å². The molecule has 0 spiro atoms. The fraction of sp³-hybridized carbons (Fsp3) is 0.462. The van der Waals surface area contributed by atoms with Gasteiger partial charge in [0.05, 0.1) is 17.4 Å². The minimum absolute atomic E-state index is 0.326. The zero-order chi connectivity index (χ0) is 13.0. The number of benzene rings is 1. The fourth-order valence-electron chi connectivity index (χ4n) is 1.89. The second-order valence-electron chi connectivity index (χ2n) is 4.01. The number of nitrogens with zero attached hydrogens (tertiary/aromatic N) is 1. The molecule has 1 amide bonds. The Bertz CT molecular complexity index is 419. The average molecular weight is 283 g/mol. The number of thioether (sulfide) groups is 2. The molecule has 3 nitrogen and oxygen atoms in total. The zero-order valence-electron chi connectivity index (χ0n) is 10.6. The first-order chi connectivity index (χ1) is 8.74. The maximum atomic E-state index is 11.6. The Labute approximate surface area is 116 Å². The van der Waals surface area contributed by atoms with Gasteiger partial charge >= 0.3 is 6.09 Å². The Balaban J connectivity index is 2.27. The molecular formula is C13H17NO2S2. The van der Waals surface area contributed by atoms with Gasteiger partial charge in [0.1, 0.15) is 0 Å². The summed E-state index contributed by atoms with van der Waals surface area (Å²) in [5, 5.41) is 0. The van der Waals surface area contributed by atoms with Crippen LogP contribution in [0.5, 0.6) is 0 Å². The van der Waals surface area contributed by atoms with Gasteiger partial charge in [-0.1, -0.05) is 18.2 Å². The van der Waals surface area contributed by atoms with Crippen molar-refractivity contribution in [1.29, 1.82) is 0 Å². The lowest BCUT2D eigenvalue weighted by Gasteiger charge is -2.26. The summed E-state index contributed by atoms with van der Waals surface area (Å²) in [4.78, 5) is 13.2. The highest BCUT2D eigenvalue weighted by Crippen LogP contribution is 2.46. The molecule has 2 rings (SSSR count). The molecule has 1 aromatic rings. The van der Waals surface area contributed by atoms with Gasteiger partial charge in [0.25, 0.3) is 0 Å². The molecule has 0 saturated carbocycles. The minimum atomic E-state index is -0.326. The SMILES string of the molecule is COC(=O)N(C)c1ccccc1C1SCCCS1. The average Bonchev–Trinajstić information content (AvgIpc) is 2.46. The molecule has 1 aromatic carbocycles. The molecule has 1 aliphatic rings. The number of carbonyl (C=O) groups is 1. The summed E-state index contributed by atoms with van der Waals surface area (Å²) in [6.07, 6.45) is 0.939. The third kappa shape index (κ3) is 2.95. The van der Waals surface area contributed by atoms with Gasteiger partial charge in [0.2, 0.25) is 0 Å². The van der Waals surface area contributed by atoms with E-state index in [-0.39, 0.29) is 6.09 Å². The van der Waals surface area contributed by atoms with Crippen LogP contribution in [0.15, 0.2) is 24.3 Å². The Kier molecular flexibility index (Phi) is 4.83. The summed E-state index contributed by atoms with van der Waals surface area (Å²) >= 11 is 3.90. The van der Waals surface area contributed by atoms with Crippen molar-refractivity contribution in [3.63, 3.8) is 0 Å². The van der Waals surface area contributed by atoms with Gasteiger partial charge in [-0.05, 0) is 29.6 Å². The first kappa shape index (κ1) is 13.6. The number of carbonyl (C=O) groups excluding carboxylic acids is 1. The number of amides is 1. The van der Waals surface area contributed by atoms with Crippen LogP contribution in [0.3, 0.4) is 0 Å². The number of rotatable bonds is 2. The third-order valence-corrected chi connectivity index (χ3v) is 5.81. The number of ether oxygens (including phenoxy) is 1. The van der Waals surface area contributed by atoms with E-state index in [0.717, 1.165) is 5.69 Å². The number of hydrogen-bond donors (Lipinski definition) is 0. The molecule has 1 saturated heterocycles. The van der Waals surface area contributed by atoms with Crippen LogP contribution in [-0.4, -0.2) is 31.8 Å². The summed E-state index contributed by atoms with van der Waals surface area (Å²) in [6, 6.07) is 8.06. The van der Waals surface area contributed by atoms with Crippen molar-refractivity contribution in [2.24, 2.45) is 0 Å². The predicted molar refractivity (Wildman–Crippen MR) is 79.5 cm³/mol. The lowest BCUT2D eigenvalue weighted by atomic mass is 10.2. The molecule has 5 heteroatoms. The molecule has 18 heavy (non-hydrogen) atoms. The molecule has 0 aliphatic carbocycles. The molecule has 0 bridgehead atoms. The van der Waals surface area contributed by atoms with E-state index in [2.05, 4.69) is 6.07 Å². The van der Waals surface area contributed by atoms with Crippen molar-refractivity contribution >= 4 is 35.3 Å². The highest BCUT2D eigenvalue weighted by molar-refractivity contribution is 8.16. The molecule has 0 N–H and O–H groups in total. The topological polar surface area (TPSA) is 29.5 Å². The second kappa shape index (κ2) is 6.38. The van der Waals surface area contributed by atoms with Crippen LogP contribution in [0.25, 0.3) is 0 Å². The lowest BCUT2D eigenvalue weighted by molar-refractivity contribution is 0.180. The van der Waals surface area contributed by atoms with Crippen molar-refractivity contribution in [3.05, 3.63) is 29.8 Å². The Hall–Kier alpha value is -0.810. The molecule has 1 fully saturated rings. The summed E-state index contributed by atoms with van der Waals surface area (Å²) in [6.45, 7) is 0. The van der Waals surface area contributed by atoms with Gasteiger partial charge in [-0.2, -0.15) is 0 Å². The molecule has 0 atom stereocenters. The predicted octanol–water partition coefficient (Wildman–Crippen LogP) is 3.76. The monoisotopic (exact) mass is 283 g/mol. The van der Waals surface area contributed by atoms with E-state index in [1.165, 1.54) is 30.6 Å². The summed E-state index contributed by atoms with van der Waals surface area (Å²) in [7, 11) is 3.16. The van der Waals surface area contributed by atoms with Gasteiger partial charge in [0.15, 0.2) is 0 Å². The van der Waals surface area contributed by atoms with Crippen LogP contribution in [0, 0.1) is 0 Å². The number of para-hydroxylation sites is 1. The van der Waals surface area contributed by atoms with Crippen LogP contribution in [-0.2, 0) is 4.74 Å². The number of methoxy groups -OCH3 is 1. The van der Waals surface area contributed by atoms with Crippen LogP contribution in [0.2, 0.25) is 0 Å². The van der Waals surface area contributed by atoms with Crippen LogP contribution < -0.4 is 4.90 Å². The van der Waals surface area contributed by atoms with E-state index in [0.29, 0.717) is 4.58 Å². The van der Waals surface area contributed by atoms with E-state index in [9.17, 15) is 4.79 Å². The van der Waals surface area contributed by atoms with Crippen molar-refractivity contribution in [3.8, 4) is 0 Å². The van der Waals surface area contributed by atoms with Crippen molar-refractivity contribution < 1.29 is 9.53 Å². The second-order valence-corrected chi connectivity index (χ2v) is 6.74. The summed E-state index contributed by atoms with van der Waals surface area (Å²) < 4.78 is 5.20. The van der Waals surface area contributed by atoms with E-state index >= 15 is 0 Å². The highest BCUT2D eigenvalue weighted by atomic mass is 32.2. The molecular weight excluding hydrogens is 266 g/mol. The van der Waals surface area contributed by atoms with Crippen molar-refractivity contribution in [2.45, 2.75) is 11.0 Å². The van der Waals surface area contributed by atoms with Gasteiger partial charge in [-0.15, -0.1) is 23.5 Å². The fourth-order valence-corrected chi connectivity index (χ4v) is 4.85. The largest absolute Gasteiger partial charge is 0.452 e.